The lowest BCUT2D eigenvalue weighted by Crippen LogP contribution is -2.45. The van der Waals surface area contributed by atoms with Gasteiger partial charge in [-0.1, -0.05) is 6.42 Å². The molecule has 2 fully saturated rings. The second-order valence-electron chi connectivity index (χ2n) is 8.42. The molecule has 3 heterocycles. The van der Waals surface area contributed by atoms with Crippen molar-refractivity contribution in [3.8, 4) is 5.75 Å². The monoisotopic (exact) mass is 425 g/mol. The van der Waals surface area contributed by atoms with Crippen molar-refractivity contribution in [1.29, 1.82) is 0 Å². The Labute approximate surface area is 183 Å². The van der Waals surface area contributed by atoms with Crippen LogP contribution in [0.25, 0.3) is 0 Å². The summed E-state index contributed by atoms with van der Waals surface area (Å²) in [6.45, 7) is 5.19. The third-order valence-corrected chi connectivity index (χ3v) is 6.03. The second-order valence-corrected chi connectivity index (χ2v) is 8.42. The Balaban J connectivity index is 1.21. The summed E-state index contributed by atoms with van der Waals surface area (Å²) in [5.41, 5.74) is -0.430. The molecule has 0 saturated carbocycles. The average molecular weight is 426 g/mol. The Kier molecular flexibility index (Phi) is 6.99. The van der Waals surface area contributed by atoms with Crippen molar-refractivity contribution in [3.05, 3.63) is 48.4 Å². The number of hydrogen-bond donors (Lipinski definition) is 2. The molecule has 0 unspecified atom stereocenters. The second kappa shape index (κ2) is 10.1. The molecule has 1 amide bonds. The molecule has 8 heteroatoms. The van der Waals surface area contributed by atoms with Gasteiger partial charge in [-0.25, -0.2) is 4.98 Å². The minimum absolute atomic E-state index is 0.191. The topological polar surface area (TPSA) is 90.8 Å². The fourth-order valence-corrected chi connectivity index (χ4v) is 4.18. The molecule has 2 aliphatic heterocycles. The first kappa shape index (κ1) is 21.5. The van der Waals surface area contributed by atoms with Gasteiger partial charge >= 0.3 is 0 Å². The van der Waals surface area contributed by atoms with Gasteiger partial charge in [0.05, 0.1) is 6.20 Å². The Bertz CT molecular complexity index is 842. The van der Waals surface area contributed by atoms with Crippen molar-refractivity contribution in [2.45, 2.75) is 31.3 Å². The zero-order chi connectivity index (χ0) is 21.5. The molecule has 2 saturated heterocycles. The third-order valence-electron chi connectivity index (χ3n) is 6.03. The van der Waals surface area contributed by atoms with E-state index in [9.17, 15) is 9.90 Å². The van der Waals surface area contributed by atoms with Crippen molar-refractivity contribution in [2.24, 2.45) is 0 Å². The molecule has 31 heavy (non-hydrogen) atoms. The summed E-state index contributed by atoms with van der Waals surface area (Å²) in [6, 6.07) is 7.17. The Morgan fingerprint density at radius 1 is 1.13 bits per heavy atom. The summed E-state index contributed by atoms with van der Waals surface area (Å²) >= 11 is 0. The van der Waals surface area contributed by atoms with E-state index in [1.54, 1.807) is 30.7 Å². The van der Waals surface area contributed by atoms with Crippen LogP contribution in [0.4, 0.5) is 5.82 Å². The van der Waals surface area contributed by atoms with Crippen molar-refractivity contribution in [2.75, 3.05) is 50.8 Å². The van der Waals surface area contributed by atoms with E-state index in [0.29, 0.717) is 31.7 Å². The molecule has 2 aromatic rings. The van der Waals surface area contributed by atoms with Crippen LogP contribution in [-0.2, 0) is 0 Å². The molecule has 0 radical (unpaired) electrons. The van der Waals surface area contributed by atoms with Crippen LogP contribution in [0, 0.1) is 0 Å². The zero-order valence-electron chi connectivity index (χ0n) is 17.9. The van der Waals surface area contributed by atoms with E-state index >= 15 is 0 Å². The maximum absolute atomic E-state index is 12.5. The summed E-state index contributed by atoms with van der Waals surface area (Å²) in [4.78, 5) is 25.3. The minimum atomic E-state index is -0.981. The van der Waals surface area contributed by atoms with Gasteiger partial charge in [0.1, 0.15) is 23.8 Å². The minimum Gasteiger partial charge on any atom is -0.492 e. The highest BCUT2D eigenvalue weighted by atomic mass is 16.5. The fraction of sp³-hybridized carbons (Fsp3) is 0.522. The van der Waals surface area contributed by atoms with E-state index in [1.807, 2.05) is 17.0 Å². The number of rotatable bonds is 8. The molecule has 4 rings (SSSR count). The number of piperidine rings is 1. The molecule has 1 atom stereocenters. The number of carbonyl (C=O) groups excluding carboxylic acids is 1. The summed E-state index contributed by atoms with van der Waals surface area (Å²) < 4.78 is 5.82. The maximum atomic E-state index is 12.5. The van der Waals surface area contributed by atoms with E-state index in [1.165, 1.54) is 19.3 Å². The van der Waals surface area contributed by atoms with Gasteiger partial charge in [0.25, 0.3) is 5.91 Å². The Morgan fingerprint density at radius 3 is 2.68 bits per heavy atom. The van der Waals surface area contributed by atoms with Crippen LogP contribution in [0.1, 0.15) is 36.0 Å². The number of ether oxygens (including phenoxy) is 1. The van der Waals surface area contributed by atoms with Crippen LogP contribution >= 0.6 is 0 Å². The van der Waals surface area contributed by atoms with Gasteiger partial charge in [-0.15, -0.1) is 0 Å². The average Bonchev–Trinajstić information content (AvgIpc) is 3.22. The zero-order valence-corrected chi connectivity index (χ0v) is 17.9. The van der Waals surface area contributed by atoms with Crippen molar-refractivity contribution in [3.63, 3.8) is 0 Å². The first-order chi connectivity index (χ1) is 15.1. The van der Waals surface area contributed by atoms with Gasteiger partial charge in [0, 0.05) is 44.1 Å². The molecular formula is C23H31N5O3. The molecule has 166 valence electrons. The number of benzene rings is 1. The highest BCUT2D eigenvalue weighted by Gasteiger charge is 2.37. The third kappa shape index (κ3) is 5.92. The van der Waals surface area contributed by atoms with Crippen molar-refractivity contribution in [1.82, 2.24) is 20.2 Å². The lowest BCUT2D eigenvalue weighted by molar-refractivity contribution is 0.0575. The van der Waals surface area contributed by atoms with Gasteiger partial charge in [0.15, 0.2) is 0 Å². The van der Waals surface area contributed by atoms with Crippen LogP contribution in [0.2, 0.25) is 0 Å². The number of likely N-dealkylation sites (tertiary alicyclic amines) is 1. The lowest BCUT2D eigenvalue weighted by atomic mass is 10.0. The number of carbonyl (C=O) groups is 1. The normalized spacial score (nSPS) is 21.8. The van der Waals surface area contributed by atoms with Crippen LogP contribution < -0.4 is 15.0 Å². The van der Waals surface area contributed by atoms with E-state index in [0.717, 1.165) is 31.2 Å². The SMILES string of the molecule is O=C(NC[C@@]1(O)CCN(c2cnccn2)C1)c1ccc(OCCN2CCCCC2)cc1. The first-order valence-corrected chi connectivity index (χ1v) is 11.1. The number of nitrogens with zero attached hydrogens (tertiary/aromatic N) is 4. The molecule has 0 bridgehead atoms. The molecule has 1 aromatic carbocycles. The molecule has 2 aliphatic rings. The number of nitrogens with one attached hydrogen (secondary N) is 1. The number of aromatic nitrogens is 2. The molecule has 0 spiro atoms. The number of amides is 1. The number of β-amino-alcohol motifs (C(OH)–C–C–N with tert-alkyl or cyclic N) is 1. The first-order valence-electron chi connectivity index (χ1n) is 11.1. The summed E-state index contributed by atoms with van der Waals surface area (Å²) in [5.74, 6) is 1.30. The van der Waals surface area contributed by atoms with Crippen molar-refractivity contribution < 1.29 is 14.6 Å². The fourth-order valence-electron chi connectivity index (χ4n) is 4.18. The predicted molar refractivity (Wildman–Crippen MR) is 118 cm³/mol. The highest BCUT2D eigenvalue weighted by molar-refractivity contribution is 5.94. The number of hydrogen-bond acceptors (Lipinski definition) is 7. The molecule has 0 aliphatic carbocycles. The van der Waals surface area contributed by atoms with Gasteiger partial charge in [-0.2, -0.15) is 0 Å². The van der Waals surface area contributed by atoms with Crippen LogP contribution in [0.15, 0.2) is 42.9 Å². The Hall–Kier alpha value is -2.71. The molecular weight excluding hydrogens is 394 g/mol. The maximum Gasteiger partial charge on any atom is 0.251 e. The standard InChI is InChI=1S/C23H31N5O3/c29-22(26-17-23(30)8-13-28(18-23)21-16-24-9-10-25-21)19-4-6-20(7-5-19)31-15-14-27-11-2-1-3-12-27/h4-7,9-10,16,30H,1-3,8,11-15,17-18H2,(H,26,29)/t23-/m0/s1. The molecule has 2 N–H and O–H groups in total. The summed E-state index contributed by atoms with van der Waals surface area (Å²) in [7, 11) is 0. The number of aliphatic hydroxyl groups is 1. The summed E-state index contributed by atoms with van der Waals surface area (Å²) in [6.07, 6.45) is 9.38. The largest absolute Gasteiger partial charge is 0.492 e. The van der Waals surface area contributed by atoms with E-state index in [-0.39, 0.29) is 12.5 Å². The van der Waals surface area contributed by atoms with Crippen LogP contribution in [0.5, 0.6) is 5.75 Å². The molecule has 1 aromatic heterocycles. The van der Waals surface area contributed by atoms with Crippen LogP contribution in [0.3, 0.4) is 0 Å². The van der Waals surface area contributed by atoms with E-state index in [4.69, 9.17) is 4.74 Å². The van der Waals surface area contributed by atoms with E-state index < -0.39 is 5.60 Å². The van der Waals surface area contributed by atoms with Crippen LogP contribution in [-0.4, -0.2) is 77.4 Å². The van der Waals surface area contributed by atoms with Gasteiger partial charge < -0.3 is 20.1 Å². The lowest BCUT2D eigenvalue weighted by Gasteiger charge is -2.26. The van der Waals surface area contributed by atoms with Gasteiger partial charge in [-0.05, 0) is 56.6 Å². The molecule has 8 nitrogen and oxygen atoms in total. The Morgan fingerprint density at radius 2 is 1.94 bits per heavy atom. The van der Waals surface area contributed by atoms with Gasteiger partial charge in [0.2, 0.25) is 0 Å². The van der Waals surface area contributed by atoms with Gasteiger partial charge in [-0.3, -0.25) is 14.7 Å². The quantitative estimate of drug-likeness (QED) is 0.665. The smallest absolute Gasteiger partial charge is 0.251 e. The highest BCUT2D eigenvalue weighted by Crippen LogP contribution is 2.24. The van der Waals surface area contributed by atoms with E-state index in [2.05, 4.69) is 20.2 Å². The van der Waals surface area contributed by atoms with Crippen molar-refractivity contribution >= 4 is 11.7 Å². The summed E-state index contributed by atoms with van der Waals surface area (Å²) in [5, 5.41) is 13.7. The number of anilines is 1. The predicted octanol–water partition coefficient (Wildman–Crippen LogP) is 1.71.